The van der Waals surface area contributed by atoms with E-state index in [1.807, 2.05) is 6.92 Å². The maximum atomic E-state index is 11.8. The summed E-state index contributed by atoms with van der Waals surface area (Å²) in [6.07, 6.45) is -0.0234. The van der Waals surface area contributed by atoms with Gasteiger partial charge in [-0.15, -0.1) is 0 Å². The minimum atomic E-state index is -0.893. The molecule has 0 saturated carbocycles. The molecule has 0 aliphatic carbocycles. The topological polar surface area (TPSA) is 69.6 Å². The molecule has 0 heterocycles. The first-order chi connectivity index (χ1) is 6.81. The Labute approximate surface area is 90.5 Å². The molecule has 0 saturated heterocycles. The van der Waals surface area contributed by atoms with Gasteiger partial charge in [0.1, 0.15) is 0 Å². The van der Waals surface area contributed by atoms with Gasteiger partial charge >= 0.3 is 5.97 Å². The Hall–Kier alpha value is -1.10. The van der Waals surface area contributed by atoms with E-state index in [9.17, 15) is 9.59 Å². The zero-order valence-electron chi connectivity index (χ0n) is 9.83. The van der Waals surface area contributed by atoms with Gasteiger partial charge in [-0.25, -0.2) is 0 Å². The monoisotopic (exact) mass is 216 g/mol. The average Bonchev–Trinajstić information content (AvgIpc) is 2.12. The van der Waals surface area contributed by atoms with E-state index >= 15 is 0 Å². The highest BCUT2D eigenvalue weighted by molar-refractivity contribution is 5.85. The number of carboxylic acid groups (broad SMARTS) is 1. The summed E-state index contributed by atoms with van der Waals surface area (Å²) >= 11 is 0. The van der Waals surface area contributed by atoms with Crippen molar-refractivity contribution in [1.29, 1.82) is 0 Å². The standard InChI is InChI=1S/C10H20N2O3/c1-5-11-10(2,3)9(15)12(4)7-6-8(13)14/h11H,5-7H2,1-4H3,(H,13,14). The highest BCUT2D eigenvalue weighted by atomic mass is 16.4. The molecular weight excluding hydrogens is 196 g/mol. The van der Waals surface area contributed by atoms with Gasteiger partial charge in [0.25, 0.3) is 0 Å². The number of nitrogens with zero attached hydrogens (tertiary/aromatic N) is 1. The van der Waals surface area contributed by atoms with Crippen LogP contribution in [0.4, 0.5) is 0 Å². The number of hydrogen-bond donors (Lipinski definition) is 2. The highest BCUT2D eigenvalue weighted by Crippen LogP contribution is 2.06. The maximum absolute atomic E-state index is 11.8. The van der Waals surface area contributed by atoms with E-state index in [1.54, 1.807) is 20.9 Å². The fourth-order valence-electron chi connectivity index (χ4n) is 1.36. The van der Waals surface area contributed by atoms with Gasteiger partial charge in [0, 0.05) is 13.6 Å². The summed E-state index contributed by atoms with van der Waals surface area (Å²) in [4.78, 5) is 23.6. The zero-order chi connectivity index (χ0) is 12.1. The quantitative estimate of drug-likeness (QED) is 0.670. The number of hydrogen-bond acceptors (Lipinski definition) is 3. The van der Waals surface area contributed by atoms with Gasteiger partial charge in [-0.3, -0.25) is 9.59 Å². The molecule has 5 heteroatoms. The zero-order valence-corrected chi connectivity index (χ0v) is 9.83. The third kappa shape index (κ3) is 4.78. The minimum Gasteiger partial charge on any atom is -0.481 e. The fourth-order valence-corrected chi connectivity index (χ4v) is 1.36. The molecule has 0 unspecified atom stereocenters. The molecule has 2 N–H and O–H groups in total. The lowest BCUT2D eigenvalue weighted by Gasteiger charge is -2.29. The second kappa shape index (κ2) is 5.70. The van der Waals surface area contributed by atoms with Crippen molar-refractivity contribution in [1.82, 2.24) is 10.2 Å². The van der Waals surface area contributed by atoms with Crippen LogP contribution in [0.3, 0.4) is 0 Å². The van der Waals surface area contributed by atoms with E-state index in [2.05, 4.69) is 5.32 Å². The lowest BCUT2D eigenvalue weighted by molar-refractivity contribution is -0.139. The van der Waals surface area contributed by atoms with Crippen LogP contribution in [0.1, 0.15) is 27.2 Å². The number of amides is 1. The van der Waals surface area contributed by atoms with E-state index < -0.39 is 11.5 Å². The fraction of sp³-hybridized carbons (Fsp3) is 0.800. The molecular formula is C10H20N2O3. The summed E-state index contributed by atoms with van der Waals surface area (Å²) in [5.41, 5.74) is -0.637. The predicted octanol–water partition coefficient (Wildman–Crippen LogP) is 0.308. The molecule has 0 atom stereocenters. The first-order valence-corrected chi connectivity index (χ1v) is 5.03. The summed E-state index contributed by atoms with van der Waals surface area (Å²) in [7, 11) is 1.62. The lowest BCUT2D eigenvalue weighted by Crippen LogP contribution is -2.53. The number of aliphatic carboxylic acids is 1. The normalized spacial score (nSPS) is 11.2. The van der Waals surface area contributed by atoms with Gasteiger partial charge in [-0.05, 0) is 20.4 Å². The van der Waals surface area contributed by atoms with E-state index in [-0.39, 0.29) is 18.9 Å². The third-order valence-corrected chi connectivity index (χ3v) is 2.16. The molecule has 0 aromatic carbocycles. The Kier molecular flexibility index (Phi) is 5.28. The van der Waals surface area contributed by atoms with Crippen LogP contribution in [0, 0.1) is 0 Å². The van der Waals surface area contributed by atoms with Crippen LogP contribution in [0.25, 0.3) is 0 Å². The maximum Gasteiger partial charge on any atom is 0.305 e. The lowest BCUT2D eigenvalue weighted by atomic mass is 10.0. The Morgan fingerprint density at radius 3 is 2.33 bits per heavy atom. The van der Waals surface area contributed by atoms with Crippen LogP contribution in [-0.2, 0) is 9.59 Å². The van der Waals surface area contributed by atoms with Crippen LogP contribution < -0.4 is 5.32 Å². The summed E-state index contributed by atoms with van der Waals surface area (Å²) in [5.74, 6) is -0.985. The number of likely N-dealkylation sites (N-methyl/N-ethyl adjacent to an activating group) is 2. The van der Waals surface area contributed by atoms with Gasteiger partial charge in [0.15, 0.2) is 0 Å². The summed E-state index contributed by atoms with van der Waals surface area (Å²) in [6.45, 7) is 6.44. The molecule has 0 bridgehead atoms. The molecule has 5 nitrogen and oxygen atoms in total. The van der Waals surface area contributed by atoms with Crippen molar-refractivity contribution < 1.29 is 14.7 Å². The third-order valence-electron chi connectivity index (χ3n) is 2.16. The van der Waals surface area contributed by atoms with E-state index in [4.69, 9.17) is 5.11 Å². The predicted molar refractivity (Wildman–Crippen MR) is 57.6 cm³/mol. The highest BCUT2D eigenvalue weighted by Gasteiger charge is 2.29. The second-order valence-electron chi connectivity index (χ2n) is 4.03. The van der Waals surface area contributed by atoms with Crippen LogP contribution in [0.5, 0.6) is 0 Å². The van der Waals surface area contributed by atoms with Crippen molar-refractivity contribution in [3.8, 4) is 0 Å². The van der Waals surface area contributed by atoms with Crippen molar-refractivity contribution in [2.24, 2.45) is 0 Å². The molecule has 0 spiro atoms. The van der Waals surface area contributed by atoms with E-state index in [0.717, 1.165) is 0 Å². The number of carbonyl (C=O) groups is 2. The molecule has 0 aliphatic heterocycles. The van der Waals surface area contributed by atoms with Crippen molar-refractivity contribution in [2.45, 2.75) is 32.7 Å². The molecule has 0 aliphatic rings. The van der Waals surface area contributed by atoms with Gasteiger partial charge in [-0.1, -0.05) is 6.92 Å². The smallest absolute Gasteiger partial charge is 0.305 e. The number of carbonyl (C=O) groups excluding carboxylic acids is 1. The van der Waals surface area contributed by atoms with Crippen LogP contribution in [0.15, 0.2) is 0 Å². The Morgan fingerprint density at radius 1 is 1.40 bits per heavy atom. The molecule has 1 amide bonds. The molecule has 0 rings (SSSR count). The second-order valence-corrected chi connectivity index (χ2v) is 4.03. The van der Waals surface area contributed by atoms with Gasteiger partial charge in [-0.2, -0.15) is 0 Å². The minimum absolute atomic E-state index is 0.0234. The number of nitrogens with one attached hydrogen (secondary N) is 1. The Balaban J connectivity index is 4.24. The SMILES string of the molecule is CCNC(C)(C)C(=O)N(C)CCC(=O)O. The van der Waals surface area contributed by atoms with E-state index in [1.165, 1.54) is 4.90 Å². The van der Waals surface area contributed by atoms with Crippen LogP contribution in [-0.4, -0.2) is 47.6 Å². The van der Waals surface area contributed by atoms with Gasteiger partial charge < -0.3 is 15.3 Å². The van der Waals surface area contributed by atoms with E-state index in [0.29, 0.717) is 6.54 Å². The van der Waals surface area contributed by atoms with Crippen molar-refractivity contribution in [2.75, 3.05) is 20.1 Å². The molecule has 0 aromatic rings. The largest absolute Gasteiger partial charge is 0.481 e. The Morgan fingerprint density at radius 2 is 1.93 bits per heavy atom. The van der Waals surface area contributed by atoms with Crippen molar-refractivity contribution in [3.05, 3.63) is 0 Å². The first kappa shape index (κ1) is 13.9. The molecule has 0 aromatic heterocycles. The Bertz CT molecular complexity index is 239. The van der Waals surface area contributed by atoms with Crippen molar-refractivity contribution >= 4 is 11.9 Å². The number of rotatable bonds is 6. The molecule has 88 valence electrons. The summed E-state index contributed by atoms with van der Waals surface area (Å²) < 4.78 is 0. The van der Waals surface area contributed by atoms with Crippen LogP contribution >= 0.6 is 0 Å². The van der Waals surface area contributed by atoms with Gasteiger partial charge in [0.2, 0.25) is 5.91 Å². The summed E-state index contributed by atoms with van der Waals surface area (Å²) in [6, 6.07) is 0. The molecule has 15 heavy (non-hydrogen) atoms. The first-order valence-electron chi connectivity index (χ1n) is 5.03. The van der Waals surface area contributed by atoms with Crippen molar-refractivity contribution in [3.63, 3.8) is 0 Å². The number of carboxylic acids is 1. The van der Waals surface area contributed by atoms with Gasteiger partial charge in [0.05, 0.1) is 12.0 Å². The van der Waals surface area contributed by atoms with Crippen LogP contribution in [0.2, 0.25) is 0 Å². The molecule has 0 fully saturated rings. The summed E-state index contributed by atoms with van der Waals surface area (Å²) in [5, 5.41) is 11.5. The average molecular weight is 216 g/mol. The molecule has 0 radical (unpaired) electrons.